The van der Waals surface area contributed by atoms with E-state index < -0.39 is 0 Å². The van der Waals surface area contributed by atoms with Gasteiger partial charge in [0.15, 0.2) is 0 Å². The van der Waals surface area contributed by atoms with Crippen LogP contribution in [0.2, 0.25) is 0 Å². The maximum absolute atomic E-state index is 9.66. The third kappa shape index (κ3) is 3.82. The van der Waals surface area contributed by atoms with E-state index in [1.165, 1.54) is 0 Å². The van der Waals surface area contributed by atoms with Crippen LogP contribution in [0.4, 0.5) is 0 Å². The number of ether oxygens (including phenoxy) is 1. The second-order valence-electron chi connectivity index (χ2n) is 4.55. The van der Waals surface area contributed by atoms with Crippen molar-refractivity contribution in [2.24, 2.45) is 4.99 Å². The molecule has 0 atom stereocenters. The molecule has 1 aromatic carbocycles. The van der Waals surface area contributed by atoms with Crippen LogP contribution >= 0.6 is 0 Å². The van der Waals surface area contributed by atoms with E-state index in [-0.39, 0.29) is 5.75 Å². The molecule has 1 heterocycles. The molecule has 1 aliphatic heterocycles. The second kappa shape index (κ2) is 6.52. The number of nitrogens with zero attached hydrogens (tertiary/aromatic N) is 2. The number of morpholine rings is 1. The number of rotatable bonds is 4. The summed E-state index contributed by atoms with van der Waals surface area (Å²) in [7, 11) is 0. The predicted molar refractivity (Wildman–Crippen MR) is 72.6 cm³/mol. The Bertz CT molecular complexity index is 412. The molecule has 0 spiro atoms. The Morgan fingerprint density at radius 1 is 1.39 bits per heavy atom. The zero-order valence-electron chi connectivity index (χ0n) is 10.8. The van der Waals surface area contributed by atoms with Crippen molar-refractivity contribution in [2.75, 3.05) is 39.4 Å². The van der Waals surface area contributed by atoms with Crippen molar-refractivity contribution in [3.63, 3.8) is 0 Å². The molecular weight excluding hydrogens is 228 g/mol. The third-order valence-electron chi connectivity index (χ3n) is 3.06. The fourth-order valence-corrected chi connectivity index (χ4v) is 1.96. The van der Waals surface area contributed by atoms with Crippen LogP contribution in [-0.4, -0.2) is 55.6 Å². The van der Waals surface area contributed by atoms with Gasteiger partial charge >= 0.3 is 0 Å². The number of aromatic hydroxyl groups is 1. The molecule has 1 aliphatic rings. The van der Waals surface area contributed by atoms with E-state index in [1.54, 1.807) is 12.3 Å². The van der Waals surface area contributed by atoms with Gasteiger partial charge in [0.2, 0.25) is 0 Å². The molecular formula is C14H20N2O2. The van der Waals surface area contributed by atoms with Gasteiger partial charge < -0.3 is 9.84 Å². The van der Waals surface area contributed by atoms with Crippen molar-refractivity contribution >= 4 is 6.21 Å². The fraction of sp³-hybridized carbons (Fsp3) is 0.500. The number of benzene rings is 1. The minimum atomic E-state index is 0.288. The number of aryl methyl sites for hydroxylation is 1. The molecule has 0 radical (unpaired) electrons. The van der Waals surface area contributed by atoms with Gasteiger partial charge in [-0.05, 0) is 19.1 Å². The predicted octanol–water partition coefficient (Wildman–Crippen LogP) is 1.45. The SMILES string of the molecule is Cc1ccc(O)c(C=NCCN2CCOCC2)c1. The molecule has 0 amide bonds. The molecule has 2 rings (SSSR count). The van der Waals surface area contributed by atoms with Crippen LogP contribution in [0.25, 0.3) is 0 Å². The highest BCUT2D eigenvalue weighted by Crippen LogP contribution is 2.15. The lowest BCUT2D eigenvalue weighted by Crippen LogP contribution is -2.37. The van der Waals surface area contributed by atoms with E-state index >= 15 is 0 Å². The summed E-state index contributed by atoms with van der Waals surface area (Å²) in [5, 5.41) is 9.66. The monoisotopic (exact) mass is 248 g/mol. The van der Waals surface area contributed by atoms with Crippen LogP contribution in [0.3, 0.4) is 0 Å². The van der Waals surface area contributed by atoms with Crippen molar-refractivity contribution in [1.29, 1.82) is 0 Å². The highest BCUT2D eigenvalue weighted by atomic mass is 16.5. The highest BCUT2D eigenvalue weighted by molar-refractivity contribution is 5.83. The van der Waals surface area contributed by atoms with Gasteiger partial charge in [-0.25, -0.2) is 0 Å². The summed E-state index contributed by atoms with van der Waals surface area (Å²) in [5.74, 6) is 0.288. The Balaban J connectivity index is 1.81. The lowest BCUT2D eigenvalue weighted by molar-refractivity contribution is 0.0395. The normalized spacial score (nSPS) is 17.4. The Morgan fingerprint density at radius 2 is 2.17 bits per heavy atom. The molecule has 0 aromatic heterocycles. The number of hydrogen-bond acceptors (Lipinski definition) is 4. The molecule has 4 heteroatoms. The molecule has 1 aromatic rings. The Hall–Kier alpha value is -1.39. The number of phenols is 1. The third-order valence-corrected chi connectivity index (χ3v) is 3.06. The van der Waals surface area contributed by atoms with E-state index in [9.17, 15) is 5.11 Å². The molecule has 0 bridgehead atoms. The summed E-state index contributed by atoms with van der Waals surface area (Å²) in [4.78, 5) is 6.71. The largest absolute Gasteiger partial charge is 0.507 e. The van der Waals surface area contributed by atoms with E-state index in [2.05, 4.69) is 9.89 Å². The van der Waals surface area contributed by atoms with Gasteiger partial charge in [-0.2, -0.15) is 0 Å². The highest BCUT2D eigenvalue weighted by Gasteiger charge is 2.08. The molecule has 0 saturated carbocycles. The van der Waals surface area contributed by atoms with Gasteiger partial charge in [-0.3, -0.25) is 9.89 Å². The van der Waals surface area contributed by atoms with Gasteiger partial charge in [0.05, 0.1) is 19.8 Å². The first-order valence-corrected chi connectivity index (χ1v) is 6.35. The first-order valence-electron chi connectivity index (χ1n) is 6.35. The van der Waals surface area contributed by atoms with Crippen LogP contribution in [0, 0.1) is 6.92 Å². The summed E-state index contributed by atoms with van der Waals surface area (Å²) in [6.45, 7) is 7.34. The standard InChI is InChI=1S/C14H20N2O2/c1-12-2-3-14(17)13(10-12)11-15-4-5-16-6-8-18-9-7-16/h2-3,10-11,17H,4-9H2,1H3. The Kier molecular flexibility index (Phi) is 4.73. The van der Waals surface area contributed by atoms with Crippen molar-refractivity contribution in [2.45, 2.75) is 6.92 Å². The van der Waals surface area contributed by atoms with Gasteiger partial charge in [0.1, 0.15) is 5.75 Å². The summed E-state index contributed by atoms with van der Waals surface area (Å²) < 4.78 is 5.29. The minimum absolute atomic E-state index is 0.288. The van der Waals surface area contributed by atoms with E-state index in [1.807, 2.05) is 19.1 Å². The minimum Gasteiger partial charge on any atom is -0.507 e. The fourth-order valence-electron chi connectivity index (χ4n) is 1.96. The number of phenolic OH excluding ortho intramolecular Hbond substituents is 1. The number of hydrogen-bond donors (Lipinski definition) is 1. The van der Waals surface area contributed by atoms with E-state index in [4.69, 9.17) is 4.74 Å². The molecule has 0 unspecified atom stereocenters. The molecule has 1 fully saturated rings. The summed E-state index contributed by atoms with van der Waals surface area (Å²) in [6.07, 6.45) is 1.75. The summed E-state index contributed by atoms with van der Waals surface area (Å²) in [6, 6.07) is 5.53. The summed E-state index contributed by atoms with van der Waals surface area (Å²) in [5.41, 5.74) is 1.92. The zero-order chi connectivity index (χ0) is 12.8. The lowest BCUT2D eigenvalue weighted by atomic mass is 10.1. The first-order chi connectivity index (χ1) is 8.75. The van der Waals surface area contributed by atoms with E-state index in [0.29, 0.717) is 0 Å². The van der Waals surface area contributed by atoms with Crippen LogP contribution in [0.1, 0.15) is 11.1 Å². The van der Waals surface area contributed by atoms with Crippen LogP contribution in [0.5, 0.6) is 5.75 Å². The zero-order valence-corrected chi connectivity index (χ0v) is 10.8. The Labute approximate surface area is 108 Å². The van der Waals surface area contributed by atoms with Crippen LogP contribution < -0.4 is 0 Å². The van der Waals surface area contributed by atoms with Crippen molar-refractivity contribution in [3.8, 4) is 5.75 Å². The van der Waals surface area contributed by atoms with Crippen LogP contribution in [0.15, 0.2) is 23.2 Å². The Morgan fingerprint density at radius 3 is 2.94 bits per heavy atom. The maximum atomic E-state index is 9.66. The molecule has 4 nitrogen and oxygen atoms in total. The average Bonchev–Trinajstić information content (AvgIpc) is 2.40. The topological polar surface area (TPSA) is 45.1 Å². The van der Waals surface area contributed by atoms with Crippen molar-refractivity contribution in [1.82, 2.24) is 4.90 Å². The van der Waals surface area contributed by atoms with Gasteiger partial charge in [-0.15, -0.1) is 0 Å². The number of aliphatic imine (C=N–C) groups is 1. The molecule has 98 valence electrons. The molecule has 0 aliphatic carbocycles. The molecule has 18 heavy (non-hydrogen) atoms. The van der Waals surface area contributed by atoms with E-state index in [0.717, 1.165) is 50.5 Å². The van der Waals surface area contributed by atoms with Crippen molar-refractivity contribution in [3.05, 3.63) is 29.3 Å². The first kappa shape index (κ1) is 13.1. The quantitative estimate of drug-likeness (QED) is 0.820. The lowest BCUT2D eigenvalue weighted by Gasteiger charge is -2.25. The van der Waals surface area contributed by atoms with Gasteiger partial charge in [-0.1, -0.05) is 11.6 Å². The molecule has 1 saturated heterocycles. The smallest absolute Gasteiger partial charge is 0.124 e. The van der Waals surface area contributed by atoms with Crippen LogP contribution in [-0.2, 0) is 4.74 Å². The van der Waals surface area contributed by atoms with Crippen molar-refractivity contribution < 1.29 is 9.84 Å². The van der Waals surface area contributed by atoms with Gasteiger partial charge in [0, 0.05) is 31.4 Å². The maximum Gasteiger partial charge on any atom is 0.124 e. The van der Waals surface area contributed by atoms with Gasteiger partial charge in [0.25, 0.3) is 0 Å². The average molecular weight is 248 g/mol. The molecule has 1 N–H and O–H groups in total. The summed E-state index contributed by atoms with van der Waals surface area (Å²) >= 11 is 0. The second-order valence-corrected chi connectivity index (χ2v) is 4.55.